The lowest BCUT2D eigenvalue weighted by Crippen LogP contribution is -2.83. The lowest BCUT2D eigenvalue weighted by atomic mass is 10.1. The number of rotatable bonds is 3. The van der Waals surface area contributed by atoms with E-state index in [0.29, 0.717) is 12.1 Å². The smallest absolute Gasteiger partial charge is 0.259 e. The molecule has 0 saturated carbocycles. The summed E-state index contributed by atoms with van der Waals surface area (Å²) in [6, 6.07) is 0.913. The molecule has 0 amide bonds. The van der Waals surface area contributed by atoms with Gasteiger partial charge in [0.05, 0.1) is 12.1 Å². The summed E-state index contributed by atoms with van der Waals surface area (Å²) in [7, 11) is -4.94. The van der Waals surface area contributed by atoms with Gasteiger partial charge < -0.3 is 0 Å². The van der Waals surface area contributed by atoms with Crippen molar-refractivity contribution in [2.24, 2.45) is 0 Å². The fourth-order valence-electron chi connectivity index (χ4n) is 0.962. The summed E-state index contributed by atoms with van der Waals surface area (Å²) in [5.74, 6) is 1.15. The second-order valence-electron chi connectivity index (χ2n) is 4.82. The van der Waals surface area contributed by atoms with Crippen LogP contribution in [0.1, 0.15) is 41.5 Å². The monoisotopic (exact) mass is 348 g/mol. The number of halogens is 2. The van der Waals surface area contributed by atoms with Crippen LogP contribution in [0.4, 0.5) is 0 Å². The van der Waals surface area contributed by atoms with E-state index >= 15 is 0 Å². The lowest BCUT2D eigenvalue weighted by Gasteiger charge is -2.17. The number of amidine groups is 1. The Labute approximate surface area is 119 Å². The average molecular weight is 350 g/mol. The van der Waals surface area contributed by atoms with Crippen LogP contribution in [0.15, 0.2) is 0 Å². The summed E-state index contributed by atoms with van der Waals surface area (Å²) in [4.78, 5) is 3.41. The molecule has 0 radical (unpaired) electrons. The molecule has 8 heteroatoms. The molecule has 110 valence electrons. The highest BCUT2D eigenvalue weighted by atomic mass is 79.9. The molecule has 6 nitrogen and oxygen atoms in total. The van der Waals surface area contributed by atoms with Crippen molar-refractivity contribution in [1.29, 1.82) is 0 Å². The van der Waals surface area contributed by atoms with Gasteiger partial charge in [0.1, 0.15) is 4.32 Å². The van der Waals surface area contributed by atoms with E-state index in [4.69, 9.17) is 18.6 Å². The highest BCUT2D eigenvalue weighted by molar-refractivity contribution is 9.10. The Kier molecular flexibility index (Phi) is 9.40. The standard InChI is InChI=1S/C10H21BrN2.ClHO4/c1-7(2)12-9(10(5,6)11)13-8(3)4;2-1(3,4)5/h7-8H,1-6H3,(H,12,13);(H,2,3,4,5). The van der Waals surface area contributed by atoms with Crippen molar-refractivity contribution in [3.8, 4) is 0 Å². The largest absolute Gasteiger partial charge is 0.275 e. The van der Waals surface area contributed by atoms with E-state index in [2.05, 4.69) is 67.8 Å². The van der Waals surface area contributed by atoms with Crippen molar-refractivity contribution in [2.75, 3.05) is 0 Å². The van der Waals surface area contributed by atoms with E-state index < -0.39 is 10.2 Å². The average Bonchev–Trinajstić information content (AvgIpc) is 1.95. The van der Waals surface area contributed by atoms with Crippen molar-refractivity contribution < 1.29 is 33.9 Å². The van der Waals surface area contributed by atoms with Gasteiger partial charge in [-0.2, -0.15) is 0 Å². The summed E-state index contributed by atoms with van der Waals surface area (Å²) in [6.07, 6.45) is 0. The van der Waals surface area contributed by atoms with Gasteiger partial charge in [0.15, 0.2) is 0 Å². The van der Waals surface area contributed by atoms with E-state index in [9.17, 15) is 0 Å². The number of hydrogen-bond donors (Lipinski definition) is 2. The Morgan fingerprint density at radius 3 is 1.61 bits per heavy atom. The molecule has 0 bridgehead atoms. The fourth-order valence-corrected chi connectivity index (χ4v) is 1.19. The van der Waals surface area contributed by atoms with E-state index in [1.165, 1.54) is 0 Å². The molecule has 2 N–H and O–H groups in total. The highest BCUT2D eigenvalue weighted by Crippen LogP contribution is 2.14. The fraction of sp³-hybridized carbons (Fsp3) is 0.900. The third kappa shape index (κ3) is 18.4. The predicted octanol–water partition coefficient (Wildman–Crippen LogP) is -3.71. The molecule has 0 saturated heterocycles. The zero-order valence-electron chi connectivity index (χ0n) is 11.5. The SMILES string of the molecule is CC(C)NC(=[NH+]C(C)C)C(C)(C)Br.[O-][Cl+3]([O-])([O-])[O-]. The topological polar surface area (TPSA) is 118 Å². The van der Waals surface area contributed by atoms with Crippen molar-refractivity contribution in [3.63, 3.8) is 0 Å². The van der Waals surface area contributed by atoms with Crippen LogP contribution < -0.4 is 28.9 Å². The molecular formula is C10H22BrClN2O4. The van der Waals surface area contributed by atoms with Gasteiger partial charge in [-0.3, -0.25) is 10.3 Å². The minimum Gasteiger partial charge on any atom is -0.275 e. The molecule has 0 aliphatic rings. The summed E-state index contributed by atoms with van der Waals surface area (Å²) in [5.41, 5.74) is 0. The van der Waals surface area contributed by atoms with Gasteiger partial charge in [0.2, 0.25) is 0 Å². The van der Waals surface area contributed by atoms with Gasteiger partial charge in [-0.15, -0.1) is 10.2 Å². The van der Waals surface area contributed by atoms with Gasteiger partial charge in [-0.25, -0.2) is 18.6 Å². The normalized spacial score (nSPS) is 13.5. The second kappa shape index (κ2) is 8.29. The molecule has 0 aromatic carbocycles. The summed E-state index contributed by atoms with van der Waals surface area (Å²) in [6.45, 7) is 12.8. The Balaban J connectivity index is 0. The predicted molar refractivity (Wildman–Crippen MR) is 62.4 cm³/mol. The zero-order valence-corrected chi connectivity index (χ0v) is 13.9. The van der Waals surface area contributed by atoms with Gasteiger partial charge in [0.25, 0.3) is 5.84 Å². The Morgan fingerprint density at radius 2 is 1.44 bits per heavy atom. The van der Waals surface area contributed by atoms with Crippen molar-refractivity contribution in [1.82, 2.24) is 5.32 Å². The van der Waals surface area contributed by atoms with Crippen LogP contribution >= 0.6 is 15.9 Å². The molecule has 0 heterocycles. The van der Waals surface area contributed by atoms with E-state index in [1.807, 2.05) is 0 Å². The van der Waals surface area contributed by atoms with Crippen LogP contribution in [0.5, 0.6) is 0 Å². The number of hydrogen-bond acceptors (Lipinski definition) is 4. The first-order chi connectivity index (χ1) is 7.73. The van der Waals surface area contributed by atoms with Crippen LogP contribution in [0.3, 0.4) is 0 Å². The maximum atomic E-state index is 8.49. The number of nitrogens with one attached hydrogen (secondary N) is 2. The Hall–Kier alpha value is 0.0800. The summed E-state index contributed by atoms with van der Waals surface area (Å²) < 4.78 is 34.0. The Morgan fingerprint density at radius 1 is 1.11 bits per heavy atom. The Bertz CT molecular complexity index is 254. The quantitative estimate of drug-likeness (QED) is 0.309. The maximum absolute atomic E-state index is 8.49. The summed E-state index contributed by atoms with van der Waals surface area (Å²) in [5, 5.41) is 3.41. The van der Waals surface area contributed by atoms with Crippen LogP contribution in [-0.4, -0.2) is 22.2 Å². The first kappa shape index (κ1) is 20.4. The highest BCUT2D eigenvalue weighted by Gasteiger charge is 2.28. The molecule has 0 unspecified atom stereocenters. The first-order valence-electron chi connectivity index (χ1n) is 5.44. The third-order valence-electron chi connectivity index (χ3n) is 1.46. The molecule has 0 aromatic heterocycles. The second-order valence-corrected chi connectivity index (χ2v) is 7.56. The van der Waals surface area contributed by atoms with Crippen LogP contribution in [-0.2, 0) is 0 Å². The lowest BCUT2D eigenvalue weighted by molar-refractivity contribution is -2.00. The number of alkyl halides is 1. The maximum Gasteiger partial charge on any atom is 0.259 e. The molecule has 0 atom stereocenters. The van der Waals surface area contributed by atoms with Crippen LogP contribution in [0.25, 0.3) is 0 Å². The van der Waals surface area contributed by atoms with Gasteiger partial charge in [0, 0.05) is 0 Å². The van der Waals surface area contributed by atoms with E-state index in [1.54, 1.807) is 0 Å². The molecule has 0 aromatic rings. The van der Waals surface area contributed by atoms with Gasteiger partial charge in [-0.05, 0) is 41.5 Å². The summed E-state index contributed by atoms with van der Waals surface area (Å²) >= 11 is 3.64. The van der Waals surface area contributed by atoms with Crippen molar-refractivity contribution in [2.45, 2.75) is 58.0 Å². The van der Waals surface area contributed by atoms with Gasteiger partial charge in [-0.1, -0.05) is 15.9 Å². The molecule has 0 aliphatic carbocycles. The minimum absolute atomic E-state index is 0.0124. The zero-order chi connectivity index (χ0) is 15.1. The minimum atomic E-state index is -4.94. The van der Waals surface area contributed by atoms with Crippen LogP contribution in [0, 0.1) is 10.2 Å². The first-order valence-corrected chi connectivity index (χ1v) is 7.47. The van der Waals surface area contributed by atoms with E-state index in [0.717, 1.165) is 5.84 Å². The van der Waals surface area contributed by atoms with Crippen molar-refractivity contribution in [3.05, 3.63) is 0 Å². The molecule has 0 aliphatic heterocycles. The van der Waals surface area contributed by atoms with Crippen molar-refractivity contribution >= 4 is 21.8 Å². The molecule has 0 rings (SSSR count). The van der Waals surface area contributed by atoms with Crippen LogP contribution in [0.2, 0.25) is 0 Å². The molecule has 18 heavy (non-hydrogen) atoms. The molecule has 0 spiro atoms. The third-order valence-corrected chi connectivity index (χ3v) is 1.86. The molecule has 0 fully saturated rings. The molecular weight excluding hydrogens is 327 g/mol. The van der Waals surface area contributed by atoms with E-state index in [-0.39, 0.29) is 4.32 Å². The van der Waals surface area contributed by atoms with Gasteiger partial charge >= 0.3 is 0 Å².